The van der Waals surface area contributed by atoms with Crippen LogP contribution in [-0.4, -0.2) is 6.29 Å². The van der Waals surface area contributed by atoms with Crippen molar-refractivity contribution >= 4 is 12.0 Å². The first-order valence-corrected chi connectivity index (χ1v) is 9.12. The summed E-state index contributed by atoms with van der Waals surface area (Å²) in [6, 6.07) is 29.7. The zero-order valence-corrected chi connectivity index (χ0v) is 15.2. The van der Waals surface area contributed by atoms with E-state index in [1.54, 1.807) is 0 Å². The van der Waals surface area contributed by atoms with Crippen LogP contribution in [0.4, 0.5) is 5.69 Å². The Bertz CT molecular complexity index is 755. The maximum Gasteiger partial charge on any atom is 0.120 e. The lowest BCUT2D eigenvalue weighted by atomic mass is 9.98. The van der Waals surface area contributed by atoms with Gasteiger partial charge in [-0.3, -0.25) is 0 Å². The third-order valence-corrected chi connectivity index (χ3v) is 4.71. The molecule has 3 aromatic carbocycles. The SMILES string of the molecule is C[C@@H](CC=O)c1ccc(N(Cc2ccccc2)Cc2ccccc2)cc1. The molecular formula is C24H25NO. The van der Waals surface area contributed by atoms with E-state index in [9.17, 15) is 4.79 Å². The zero-order chi connectivity index (χ0) is 18.2. The number of carbonyl (C=O) groups is 1. The summed E-state index contributed by atoms with van der Waals surface area (Å²) in [5.41, 5.74) is 4.99. The van der Waals surface area contributed by atoms with Crippen molar-refractivity contribution in [1.82, 2.24) is 0 Å². The summed E-state index contributed by atoms with van der Waals surface area (Å²) in [7, 11) is 0. The van der Waals surface area contributed by atoms with Gasteiger partial charge >= 0.3 is 0 Å². The van der Waals surface area contributed by atoms with Crippen molar-refractivity contribution in [2.75, 3.05) is 4.90 Å². The predicted molar refractivity (Wildman–Crippen MR) is 108 cm³/mol. The van der Waals surface area contributed by atoms with Gasteiger partial charge in [-0.2, -0.15) is 0 Å². The van der Waals surface area contributed by atoms with Crippen LogP contribution in [0.3, 0.4) is 0 Å². The fraction of sp³-hybridized carbons (Fsp3) is 0.208. The molecule has 0 aliphatic rings. The van der Waals surface area contributed by atoms with Crippen molar-refractivity contribution in [3.05, 3.63) is 102 Å². The quantitative estimate of drug-likeness (QED) is 0.497. The molecule has 0 saturated heterocycles. The third kappa shape index (κ3) is 4.82. The van der Waals surface area contributed by atoms with Crippen LogP contribution in [0.1, 0.15) is 36.0 Å². The van der Waals surface area contributed by atoms with E-state index in [0.717, 1.165) is 19.4 Å². The molecule has 0 bridgehead atoms. The van der Waals surface area contributed by atoms with E-state index < -0.39 is 0 Å². The lowest BCUT2D eigenvalue weighted by Crippen LogP contribution is -2.22. The molecule has 132 valence electrons. The Labute approximate surface area is 156 Å². The molecule has 2 nitrogen and oxygen atoms in total. The Morgan fingerprint density at radius 2 is 1.27 bits per heavy atom. The Morgan fingerprint density at radius 3 is 1.73 bits per heavy atom. The second kappa shape index (κ2) is 9.00. The van der Waals surface area contributed by atoms with Gasteiger partial charge in [-0.25, -0.2) is 0 Å². The standard InChI is InChI=1S/C24H25NO/c1-20(16-17-26)23-12-14-24(15-13-23)25(18-21-8-4-2-5-9-21)19-22-10-6-3-7-11-22/h2-15,17,20H,16,18-19H2,1H3/t20-/m0/s1. The highest BCUT2D eigenvalue weighted by Crippen LogP contribution is 2.24. The first-order valence-electron chi connectivity index (χ1n) is 9.12. The number of rotatable bonds is 8. The fourth-order valence-electron chi connectivity index (χ4n) is 3.14. The molecule has 0 amide bonds. The number of carbonyl (C=O) groups excluding carboxylic acids is 1. The van der Waals surface area contributed by atoms with Crippen molar-refractivity contribution < 1.29 is 4.79 Å². The molecule has 0 radical (unpaired) electrons. The molecule has 0 aliphatic carbocycles. The molecule has 2 heteroatoms. The van der Waals surface area contributed by atoms with Gasteiger partial charge in [0.25, 0.3) is 0 Å². The number of nitrogens with zero attached hydrogens (tertiary/aromatic N) is 1. The second-order valence-corrected chi connectivity index (χ2v) is 6.72. The molecule has 0 saturated carbocycles. The van der Waals surface area contributed by atoms with Crippen molar-refractivity contribution in [2.45, 2.75) is 32.4 Å². The molecule has 3 aromatic rings. The van der Waals surface area contributed by atoms with Crippen LogP contribution in [0.2, 0.25) is 0 Å². The fourth-order valence-corrected chi connectivity index (χ4v) is 3.14. The van der Waals surface area contributed by atoms with Crippen LogP contribution < -0.4 is 4.90 Å². The molecule has 0 aromatic heterocycles. The number of hydrogen-bond donors (Lipinski definition) is 0. The summed E-state index contributed by atoms with van der Waals surface area (Å²) in [4.78, 5) is 13.1. The van der Waals surface area contributed by atoms with Crippen LogP contribution in [-0.2, 0) is 17.9 Å². The zero-order valence-electron chi connectivity index (χ0n) is 15.2. The summed E-state index contributed by atoms with van der Waals surface area (Å²) < 4.78 is 0. The van der Waals surface area contributed by atoms with Crippen LogP contribution >= 0.6 is 0 Å². The first-order chi connectivity index (χ1) is 12.8. The van der Waals surface area contributed by atoms with E-state index in [-0.39, 0.29) is 5.92 Å². The van der Waals surface area contributed by atoms with E-state index in [1.807, 2.05) is 12.1 Å². The summed E-state index contributed by atoms with van der Waals surface area (Å²) in [5, 5.41) is 0. The normalized spacial score (nSPS) is 11.7. The highest BCUT2D eigenvalue weighted by atomic mass is 16.1. The van der Waals surface area contributed by atoms with Crippen LogP contribution in [0.15, 0.2) is 84.9 Å². The highest BCUT2D eigenvalue weighted by Gasteiger charge is 2.10. The monoisotopic (exact) mass is 343 g/mol. The van der Waals surface area contributed by atoms with Gasteiger partial charge in [0.1, 0.15) is 6.29 Å². The number of benzene rings is 3. The van der Waals surface area contributed by atoms with Crippen molar-refractivity contribution in [2.24, 2.45) is 0 Å². The number of aldehydes is 1. The third-order valence-electron chi connectivity index (χ3n) is 4.71. The summed E-state index contributed by atoms with van der Waals surface area (Å²) in [6.45, 7) is 3.81. The number of hydrogen-bond acceptors (Lipinski definition) is 2. The Morgan fingerprint density at radius 1 is 0.769 bits per heavy atom. The topological polar surface area (TPSA) is 20.3 Å². The first kappa shape index (κ1) is 17.9. The summed E-state index contributed by atoms with van der Waals surface area (Å²) in [5.74, 6) is 0.262. The van der Waals surface area contributed by atoms with Crippen molar-refractivity contribution in [3.8, 4) is 0 Å². The van der Waals surface area contributed by atoms with Gasteiger partial charge in [-0.1, -0.05) is 79.7 Å². The molecule has 0 unspecified atom stereocenters. The smallest absolute Gasteiger partial charge is 0.120 e. The van der Waals surface area contributed by atoms with E-state index in [4.69, 9.17) is 0 Å². The lowest BCUT2D eigenvalue weighted by Gasteiger charge is -2.26. The second-order valence-electron chi connectivity index (χ2n) is 6.72. The van der Waals surface area contributed by atoms with E-state index in [0.29, 0.717) is 6.42 Å². The van der Waals surface area contributed by atoms with Crippen LogP contribution in [0.25, 0.3) is 0 Å². The minimum Gasteiger partial charge on any atom is -0.363 e. The average Bonchev–Trinajstić information content (AvgIpc) is 2.69. The summed E-state index contributed by atoms with van der Waals surface area (Å²) >= 11 is 0. The molecule has 0 heterocycles. The molecule has 26 heavy (non-hydrogen) atoms. The maximum absolute atomic E-state index is 10.8. The molecule has 3 rings (SSSR count). The van der Waals surface area contributed by atoms with E-state index in [1.165, 1.54) is 22.4 Å². The molecule has 0 fully saturated rings. The Balaban J connectivity index is 1.83. The lowest BCUT2D eigenvalue weighted by molar-refractivity contribution is -0.108. The molecule has 1 atom stereocenters. The highest BCUT2D eigenvalue weighted by molar-refractivity contribution is 5.53. The molecular weight excluding hydrogens is 318 g/mol. The van der Waals surface area contributed by atoms with Gasteiger partial charge in [0, 0.05) is 25.2 Å². The van der Waals surface area contributed by atoms with Gasteiger partial charge in [-0.05, 0) is 34.7 Å². The minimum absolute atomic E-state index is 0.262. The van der Waals surface area contributed by atoms with Gasteiger partial charge < -0.3 is 9.69 Å². The molecule has 0 aliphatic heterocycles. The predicted octanol–water partition coefficient (Wildman–Crippen LogP) is 5.59. The van der Waals surface area contributed by atoms with Gasteiger partial charge in [0.2, 0.25) is 0 Å². The molecule has 0 N–H and O–H groups in total. The van der Waals surface area contributed by atoms with Gasteiger partial charge in [-0.15, -0.1) is 0 Å². The van der Waals surface area contributed by atoms with Crippen LogP contribution in [0, 0.1) is 0 Å². The van der Waals surface area contributed by atoms with Crippen LogP contribution in [0.5, 0.6) is 0 Å². The maximum atomic E-state index is 10.8. The Kier molecular flexibility index (Phi) is 6.21. The average molecular weight is 343 g/mol. The number of anilines is 1. The van der Waals surface area contributed by atoms with Crippen molar-refractivity contribution in [3.63, 3.8) is 0 Å². The van der Waals surface area contributed by atoms with E-state index >= 15 is 0 Å². The van der Waals surface area contributed by atoms with E-state index in [2.05, 4.69) is 84.6 Å². The minimum atomic E-state index is 0.262. The molecule has 0 spiro atoms. The van der Waals surface area contributed by atoms with Crippen molar-refractivity contribution in [1.29, 1.82) is 0 Å². The van der Waals surface area contributed by atoms with Gasteiger partial charge in [0.15, 0.2) is 0 Å². The van der Waals surface area contributed by atoms with Gasteiger partial charge in [0.05, 0.1) is 0 Å². The largest absolute Gasteiger partial charge is 0.363 e. The summed E-state index contributed by atoms with van der Waals surface area (Å²) in [6.07, 6.45) is 1.56. The Hall–Kier alpha value is -2.87.